The van der Waals surface area contributed by atoms with Crippen LogP contribution in [0.2, 0.25) is 0 Å². The second-order valence-corrected chi connectivity index (χ2v) is 8.65. The van der Waals surface area contributed by atoms with E-state index in [0.29, 0.717) is 26.3 Å². The van der Waals surface area contributed by atoms with Crippen molar-refractivity contribution in [1.82, 2.24) is 9.55 Å². The maximum absolute atomic E-state index is 13.6. The summed E-state index contributed by atoms with van der Waals surface area (Å²) in [5, 5.41) is 1.04. The molecule has 3 heterocycles. The molecule has 2 aromatic carbocycles. The topological polar surface area (TPSA) is 73.6 Å². The number of para-hydroxylation sites is 1. The first kappa shape index (κ1) is 21.0. The summed E-state index contributed by atoms with van der Waals surface area (Å²) < 4.78 is 7.41. The SMILES string of the molecule is CCOC(=O)C1=C(C)N=c2s/c(=C\c3ccc4ccccc4n3)c(=O)n2[C@H]1c1ccccc1. The lowest BCUT2D eigenvalue weighted by Gasteiger charge is -2.24. The van der Waals surface area contributed by atoms with Gasteiger partial charge < -0.3 is 4.74 Å². The number of carbonyl (C=O) groups is 1. The van der Waals surface area contributed by atoms with E-state index in [1.54, 1.807) is 24.5 Å². The number of pyridine rings is 1. The highest BCUT2D eigenvalue weighted by molar-refractivity contribution is 7.07. The molecule has 5 rings (SSSR count). The maximum atomic E-state index is 13.6. The van der Waals surface area contributed by atoms with Gasteiger partial charge in [-0.1, -0.05) is 65.9 Å². The number of ether oxygens (including phenoxy) is 1. The van der Waals surface area contributed by atoms with Crippen LogP contribution < -0.4 is 14.9 Å². The van der Waals surface area contributed by atoms with Crippen molar-refractivity contribution in [3.05, 3.63) is 109 Å². The monoisotopic (exact) mass is 455 g/mol. The number of aromatic nitrogens is 2. The van der Waals surface area contributed by atoms with Gasteiger partial charge in [0.05, 0.1) is 39.7 Å². The number of rotatable bonds is 4. The predicted octanol–water partition coefficient (Wildman–Crippen LogP) is 3.35. The van der Waals surface area contributed by atoms with Gasteiger partial charge >= 0.3 is 5.97 Å². The van der Waals surface area contributed by atoms with E-state index in [2.05, 4.69) is 9.98 Å². The van der Waals surface area contributed by atoms with Crippen molar-refractivity contribution in [2.24, 2.45) is 4.99 Å². The number of esters is 1. The van der Waals surface area contributed by atoms with Crippen molar-refractivity contribution in [3.8, 4) is 0 Å². The zero-order valence-electron chi connectivity index (χ0n) is 18.2. The number of allylic oxidation sites excluding steroid dienone is 1. The van der Waals surface area contributed by atoms with Crippen LogP contribution in [0.5, 0.6) is 0 Å². The molecular weight excluding hydrogens is 434 g/mol. The molecule has 0 aliphatic carbocycles. The third-order valence-electron chi connectivity index (χ3n) is 5.53. The average Bonchev–Trinajstić information content (AvgIpc) is 3.13. The Balaban J connectivity index is 1.71. The zero-order valence-corrected chi connectivity index (χ0v) is 19.0. The Labute approximate surface area is 193 Å². The van der Waals surface area contributed by atoms with E-state index >= 15 is 0 Å². The number of benzene rings is 2. The number of carbonyl (C=O) groups excluding carboxylic acids is 1. The molecule has 7 heteroatoms. The number of hydrogen-bond donors (Lipinski definition) is 0. The van der Waals surface area contributed by atoms with Crippen LogP contribution in [-0.4, -0.2) is 22.1 Å². The van der Waals surface area contributed by atoms with Crippen molar-refractivity contribution < 1.29 is 9.53 Å². The summed E-state index contributed by atoms with van der Waals surface area (Å²) in [6, 6.07) is 20.6. The molecule has 0 saturated heterocycles. The molecule has 164 valence electrons. The van der Waals surface area contributed by atoms with Crippen LogP contribution in [0, 0.1) is 0 Å². The molecule has 1 atom stereocenters. The van der Waals surface area contributed by atoms with Gasteiger partial charge in [-0.15, -0.1) is 0 Å². The largest absolute Gasteiger partial charge is 0.463 e. The van der Waals surface area contributed by atoms with E-state index in [0.717, 1.165) is 16.5 Å². The second kappa shape index (κ2) is 8.60. The van der Waals surface area contributed by atoms with E-state index in [4.69, 9.17) is 4.74 Å². The van der Waals surface area contributed by atoms with Gasteiger partial charge in [0.25, 0.3) is 5.56 Å². The highest BCUT2D eigenvalue weighted by atomic mass is 32.1. The smallest absolute Gasteiger partial charge is 0.338 e. The Hall–Kier alpha value is -3.84. The number of nitrogens with zero attached hydrogens (tertiary/aromatic N) is 3. The minimum Gasteiger partial charge on any atom is -0.463 e. The summed E-state index contributed by atoms with van der Waals surface area (Å²) in [4.78, 5) is 36.3. The number of fused-ring (bicyclic) bond motifs is 2. The van der Waals surface area contributed by atoms with Gasteiger partial charge in [0.2, 0.25) is 0 Å². The van der Waals surface area contributed by atoms with Gasteiger partial charge in [-0.2, -0.15) is 0 Å². The molecule has 33 heavy (non-hydrogen) atoms. The van der Waals surface area contributed by atoms with Crippen LogP contribution in [0.25, 0.3) is 17.0 Å². The molecule has 0 amide bonds. The molecule has 6 nitrogen and oxygen atoms in total. The molecule has 0 fully saturated rings. The van der Waals surface area contributed by atoms with Crippen LogP contribution in [0.3, 0.4) is 0 Å². The zero-order chi connectivity index (χ0) is 22.9. The van der Waals surface area contributed by atoms with Crippen LogP contribution in [-0.2, 0) is 9.53 Å². The Bertz CT molecular complexity index is 1580. The number of thiazole rings is 1. The molecule has 0 N–H and O–H groups in total. The molecule has 0 radical (unpaired) electrons. The standard InChI is InChI=1S/C26H21N3O3S/c1-3-32-25(31)22-16(2)27-26-29(23(22)18-10-5-4-6-11-18)24(30)21(33-26)15-19-14-13-17-9-7-8-12-20(17)28-19/h4-15,23H,3H2,1-2H3/b21-15-/t23-/m0/s1. The van der Waals surface area contributed by atoms with Crippen molar-refractivity contribution in [2.75, 3.05) is 6.61 Å². The fourth-order valence-electron chi connectivity index (χ4n) is 4.04. The molecule has 4 aromatic rings. The summed E-state index contributed by atoms with van der Waals surface area (Å²) >= 11 is 1.29. The summed E-state index contributed by atoms with van der Waals surface area (Å²) in [6.45, 7) is 3.79. The van der Waals surface area contributed by atoms with Gasteiger partial charge in [0.15, 0.2) is 4.80 Å². The summed E-state index contributed by atoms with van der Waals surface area (Å²) in [7, 11) is 0. The molecule has 2 aromatic heterocycles. The minimum atomic E-state index is -0.604. The van der Waals surface area contributed by atoms with E-state index in [1.807, 2.05) is 66.7 Å². The predicted molar refractivity (Wildman–Crippen MR) is 129 cm³/mol. The first-order valence-electron chi connectivity index (χ1n) is 10.7. The second-order valence-electron chi connectivity index (χ2n) is 7.64. The Morgan fingerprint density at radius 3 is 2.64 bits per heavy atom. The van der Waals surface area contributed by atoms with Gasteiger partial charge in [0.1, 0.15) is 0 Å². The molecular formula is C26H21N3O3S. The van der Waals surface area contributed by atoms with Crippen molar-refractivity contribution in [3.63, 3.8) is 0 Å². The van der Waals surface area contributed by atoms with Crippen molar-refractivity contribution in [2.45, 2.75) is 19.9 Å². The van der Waals surface area contributed by atoms with Gasteiger partial charge in [-0.05, 0) is 37.6 Å². The van der Waals surface area contributed by atoms with Crippen LogP contribution in [0.1, 0.15) is 31.1 Å². The third-order valence-corrected chi connectivity index (χ3v) is 6.51. The lowest BCUT2D eigenvalue weighted by Crippen LogP contribution is -2.39. The normalized spacial score (nSPS) is 15.9. The molecule has 1 aliphatic rings. The van der Waals surface area contributed by atoms with Gasteiger partial charge in [0, 0.05) is 5.39 Å². The molecule has 0 unspecified atom stereocenters. The summed E-state index contributed by atoms with van der Waals surface area (Å²) in [5.74, 6) is -0.460. The molecule has 1 aliphatic heterocycles. The fraction of sp³-hybridized carbons (Fsp3) is 0.154. The minimum absolute atomic E-state index is 0.211. The molecule has 0 bridgehead atoms. The first-order valence-corrected chi connectivity index (χ1v) is 11.5. The number of hydrogen-bond acceptors (Lipinski definition) is 6. The summed E-state index contributed by atoms with van der Waals surface area (Å²) in [6.07, 6.45) is 1.78. The van der Waals surface area contributed by atoms with E-state index in [-0.39, 0.29) is 12.2 Å². The molecule has 0 saturated carbocycles. The van der Waals surface area contributed by atoms with Gasteiger partial charge in [-0.3, -0.25) is 9.36 Å². The highest BCUT2D eigenvalue weighted by Gasteiger charge is 2.33. The van der Waals surface area contributed by atoms with Crippen LogP contribution in [0.15, 0.2) is 87.8 Å². The van der Waals surface area contributed by atoms with Crippen LogP contribution in [0.4, 0.5) is 0 Å². The van der Waals surface area contributed by atoms with Crippen molar-refractivity contribution in [1.29, 1.82) is 0 Å². The lowest BCUT2D eigenvalue weighted by molar-refractivity contribution is -0.139. The molecule has 0 spiro atoms. The van der Waals surface area contributed by atoms with E-state index < -0.39 is 12.0 Å². The lowest BCUT2D eigenvalue weighted by atomic mass is 9.96. The third kappa shape index (κ3) is 3.81. The first-order chi connectivity index (χ1) is 16.1. The quantitative estimate of drug-likeness (QED) is 0.443. The Morgan fingerprint density at radius 1 is 1.09 bits per heavy atom. The maximum Gasteiger partial charge on any atom is 0.338 e. The van der Waals surface area contributed by atoms with E-state index in [1.165, 1.54) is 11.3 Å². The van der Waals surface area contributed by atoms with Crippen molar-refractivity contribution >= 4 is 34.3 Å². The highest BCUT2D eigenvalue weighted by Crippen LogP contribution is 2.30. The van der Waals surface area contributed by atoms with Gasteiger partial charge in [-0.25, -0.2) is 14.8 Å². The summed E-state index contributed by atoms with van der Waals surface area (Å²) in [5.41, 5.74) is 3.10. The van der Waals surface area contributed by atoms with E-state index in [9.17, 15) is 9.59 Å². The fourth-order valence-corrected chi connectivity index (χ4v) is 5.07. The average molecular weight is 456 g/mol. The Morgan fingerprint density at radius 2 is 1.85 bits per heavy atom. The van der Waals surface area contributed by atoms with Crippen LogP contribution >= 0.6 is 11.3 Å². The Kier molecular flexibility index (Phi) is 5.48.